The largest absolute Gasteiger partial charge is 0.472 e. The molecule has 0 radical (unpaired) electrons. The van der Waals surface area contributed by atoms with Crippen LogP contribution in [0.1, 0.15) is 142 Å². The zero-order chi connectivity index (χ0) is 40.3. The summed E-state index contributed by atoms with van der Waals surface area (Å²) in [6.07, 6.45) is 51.7. The van der Waals surface area contributed by atoms with Crippen LogP contribution in [0.3, 0.4) is 0 Å². The van der Waals surface area contributed by atoms with Gasteiger partial charge in [-0.1, -0.05) is 143 Å². The summed E-state index contributed by atoms with van der Waals surface area (Å²) >= 11 is 0. The fraction of sp³-hybridized carbons (Fsp3) is 0.600. The van der Waals surface area contributed by atoms with E-state index in [9.17, 15) is 19.0 Å². The molecule has 312 valence electrons. The van der Waals surface area contributed by atoms with Crippen molar-refractivity contribution in [3.63, 3.8) is 0 Å². The summed E-state index contributed by atoms with van der Waals surface area (Å²) in [5, 5.41) is 0. The molecule has 0 aromatic rings. The molecule has 55 heavy (non-hydrogen) atoms. The number of ether oxygens (including phenoxy) is 2. The Kier molecular flexibility index (Phi) is 38.3. The van der Waals surface area contributed by atoms with E-state index in [1.54, 1.807) is 0 Å². The van der Waals surface area contributed by atoms with Crippen molar-refractivity contribution in [3.8, 4) is 0 Å². The molecule has 9 nitrogen and oxygen atoms in total. The van der Waals surface area contributed by atoms with Gasteiger partial charge in [0.15, 0.2) is 6.10 Å². The average Bonchev–Trinajstić information content (AvgIpc) is 3.17. The monoisotopic (exact) mass is 788 g/mol. The van der Waals surface area contributed by atoms with Gasteiger partial charge in [0.1, 0.15) is 6.61 Å². The third kappa shape index (κ3) is 40.4. The summed E-state index contributed by atoms with van der Waals surface area (Å²) < 4.78 is 32.6. The van der Waals surface area contributed by atoms with E-state index >= 15 is 0 Å². The number of rotatable bonds is 37. The molecule has 0 saturated carbocycles. The van der Waals surface area contributed by atoms with Crippen LogP contribution in [0.2, 0.25) is 0 Å². The minimum atomic E-state index is -4.41. The molecule has 0 aliphatic rings. The first-order chi connectivity index (χ1) is 26.8. The van der Waals surface area contributed by atoms with Gasteiger partial charge in [-0.2, -0.15) is 0 Å². The van der Waals surface area contributed by atoms with Crippen LogP contribution in [0.15, 0.2) is 97.2 Å². The molecule has 0 aromatic carbocycles. The van der Waals surface area contributed by atoms with Gasteiger partial charge in [0.05, 0.1) is 13.2 Å². The summed E-state index contributed by atoms with van der Waals surface area (Å²) in [6, 6.07) is 0. The van der Waals surface area contributed by atoms with Crippen LogP contribution in [-0.2, 0) is 32.7 Å². The Morgan fingerprint density at radius 3 is 1.49 bits per heavy atom. The predicted molar refractivity (Wildman–Crippen MR) is 228 cm³/mol. The number of nitrogens with two attached hydrogens (primary N) is 1. The standard InChI is InChI=1S/C45H74NO8P/c1-3-5-7-9-11-13-15-17-19-21-23-25-27-29-31-33-35-37-44(47)51-41-43(42-53-55(49,50)52-40-39-46)54-45(48)38-36-34-32-30-28-26-24-22-20-18-16-14-12-10-8-6-4-2/h5,7,11,13,17-20,23-26,29-32,43H,3-4,6,8-10,12,14-16,21-22,27-28,33-42,46H2,1-2H3,(H,49,50)/t43-/m1/s1. The number of allylic oxidation sites excluding steroid dienone is 16. The Hall–Kier alpha value is -3.07. The minimum absolute atomic E-state index is 0.0327. The van der Waals surface area contributed by atoms with Crippen molar-refractivity contribution in [2.45, 2.75) is 148 Å². The van der Waals surface area contributed by atoms with Crippen molar-refractivity contribution < 1.29 is 37.6 Å². The summed E-state index contributed by atoms with van der Waals surface area (Å²) in [5.74, 6) is -0.969. The normalized spacial score (nSPS) is 14.3. The van der Waals surface area contributed by atoms with E-state index in [4.69, 9.17) is 24.3 Å². The topological polar surface area (TPSA) is 134 Å². The van der Waals surface area contributed by atoms with E-state index in [1.165, 1.54) is 38.5 Å². The molecule has 0 aromatic heterocycles. The molecular formula is C45H74NO8P. The molecule has 0 aliphatic carbocycles. The Balaban J connectivity index is 4.39. The maximum Gasteiger partial charge on any atom is 0.472 e. The van der Waals surface area contributed by atoms with Gasteiger partial charge in [-0.25, -0.2) is 4.57 Å². The fourth-order valence-corrected chi connectivity index (χ4v) is 5.68. The van der Waals surface area contributed by atoms with Crippen LogP contribution in [0.25, 0.3) is 0 Å². The van der Waals surface area contributed by atoms with E-state index in [0.29, 0.717) is 19.3 Å². The molecule has 10 heteroatoms. The highest BCUT2D eigenvalue weighted by molar-refractivity contribution is 7.47. The lowest BCUT2D eigenvalue weighted by Crippen LogP contribution is -2.29. The molecule has 3 N–H and O–H groups in total. The maximum absolute atomic E-state index is 12.5. The van der Waals surface area contributed by atoms with Gasteiger partial charge < -0.3 is 20.1 Å². The van der Waals surface area contributed by atoms with Gasteiger partial charge in [0.2, 0.25) is 0 Å². The molecule has 0 bridgehead atoms. The Morgan fingerprint density at radius 2 is 1.00 bits per heavy atom. The number of phosphoric ester groups is 1. The Labute approximate surface area is 334 Å². The smallest absolute Gasteiger partial charge is 0.462 e. The SMILES string of the molecule is CCC=CCC=CCC=CCC=CCC=CCCCC(=O)OC[C@H](COP(=O)(O)OCCN)OC(=O)CCCC=CCC=CCC=CCCCCCCCC. The van der Waals surface area contributed by atoms with Crippen molar-refractivity contribution in [3.05, 3.63) is 97.2 Å². The minimum Gasteiger partial charge on any atom is -0.462 e. The summed E-state index contributed by atoms with van der Waals surface area (Å²) in [4.78, 5) is 34.8. The Bertz CT molecular complexity index is 1220. The number of hydrogen-bond acceptors (Lipinski definition) is 8. The second-order valence-electron chi connectivity index (χ2n) is 13.1. The predicted octanol–water partition coefficient (Wildman–Crippen LogP) is 11.8. The van der Waals surface area contributed by atoms with Crippen molar-refractivity contribution >= 4 is 19.8 Å². The molecule has 1 unspecified atom stereocenters. The molecule has 0 aliphatic heterocycles. The number of hydrogen-bond donors (Lipinski definition) is 2. The molecule has 0 fully saturated rings. The van der Waals surface area contributed by atoms with Crippen molar-refractivity contribution in [1.29, 1.82) is 0 Å². The third-order valence-electron chi connectivity index (χ3n) is 7.95. The van der Waals surface area contributed by atoms with E-state index in [0.717, 1.165) is 57.8 Å². The van der Waals surface area contributed by atoms with Crippen LogP contribution in [0, 0.1) is 0 Å². The lowest BCUT2D eigenvalue weighted by molar-refractivity contribution is -0.161. The summed E-state index contributed by atoms with van der Waals surface area (Å²) in [6.45, 7) is 3.46. The van der Waals surface area contributed by atoms with Crippen LogP contribution in [-0.4, -0.2) is 49.3 Å². The third-order valence-corrected chi connectivity index (χ3v) is 8.94. The van der Waals surface area contributed by atoms with Gasteiger partial charge in [-0.05, 0) is 83.5 Å². The van der Waals surface area contributed by atoms with Gasteiger partial charge in [0, 0.05) is 19.4 Å². The van der Waals surface area contributed by atoms with Crippen molar-refractivity contribution in [2.75, 3.05) is 26.4 Å². The number of esters is 2. The fourth-order valence-electron chi connectivity index (χ4n) is 4.92. The van der Waals surface area contributed by atoms with Crippen molar-refractivity contribution in [1.82, 2.24) is 0 Å². The van der Waals surface area contributed by atoms with E-state index in [1.807, 2.05) is 12.2 Å². The highest BCUT2D eigenvalue weighted by atomic mass is 31.2. The van der Waals surface area contributed by atoms with Crippen LogP contribution in [0.4, 0.5) is 0 Å². The van der Waals surface area contributed by atoms with Gasteiger partial charge >= 0.3 is 19.8 Å². The number of phosphoric acid groups is 1. The Morgan fingerprint density at radius 1 is 0.564 bits per heavy atom. The van der Waals surface area contributed by atoms with Gasteiger partial charge in [-0.15, -0.1) is 0 Å². The lowest BCUT2D eigenvalue weighted by atomic mass is 10.1. The maximum atomic E-state index is 12.5. The lowest BCUT2D eigenvalue weighted by Gasteiger charge is -2.19. The van der Waals surface area contributed by atoms with Crippen LogP contribution in [0.5, 0.6) is 0 Å². The molecule has 0 saturated heterocycles. The van der Waals surface area contributed by atoms with E-state index < -0.39 is 32.5 Å². The van der Waals surface area contributed by atoms with E-state index in [-0.39, 0.29) is 32.6 Å². The first-order valence-corrected chi connectivity index (χ1v) is 22.2. The van der Waals surface area contributed by atoms with Gasteiger partial charge in [-0.3, -0.25) is 18.6 Å². The highest BCUT2D eigenvalue weighted by Gasteiger charge is 2.25. The van der Waals surface area contributed by atoms with Crippen LogP contribution >= 0.6 is 7.82 Å². The highest BCUT2D eigenvalue weighted by Crippen LogP contribution is 2.43. The molecule has 2 atom stereocenters. The molecule has 0 rings (SSSR count). The summed E-state index contributed by atoms with van der Waals surface area (Å²) in [7, 11) is -4.41. The van der Waals surface area contributed by atoms with Gasteiger partial charge in [0.25, 0.3) is 0 Å². The molecule has 0 heterocycles. The average molecular weight is 788 g/mol. The molecule has 0 spiro atoms. The first-order valence-electron chi connectivity index (χ1n) is 20.7. The van der Waals surface area contributed by atoms with Crippen molar-refractivity contribution in [2.24, 2.45) is 5.73 Å². The zero-order valence-electron chi connectivity index (χ0n) is 34.1. The quantitative estimate of drug-likeness (QED) is 0.0273. The molecule has 0 amide bonds. The second kappa shape index (κ2) is 40.6. The van der Waals surface area contributed by atoms with Crippen LogP contribution < -0.4 is 5.73 Å². The second-order valence-corrected chi connectivity index (χ2v) is 14.6. The molecular weight excluding hydrogens is 713 g/mol. The number of carbonyl (C=O) groups is 2. The van der Waals surface area contributed by atoms with E-state index in [2.05, 4.69) is 98.9 Å². The summed E-state index contributed by atoms with van der Waals surface area (Å²) in [5.41, 5.74) is 5.33. The number of unbranched alkanes of at least 4 members (excludes halogenated alkanes) is 8. The zero-order valence-corrected chi connectivity index (χ0v) is 35.0. The first kappa shape index (κ1) is 51.9. The number of carbonyl (C=O) groups excluding carboxylic acids is 2.